The van der Waals surface area contributed by atoms with Crippen LogP contribution in [0.25, 0.3) is 0 Å². The third-order valence-electron chi connectivity index (χ3n) is 1.70. The van der Waals surface area contributed by atoms with Crippen molar-refractivity contribution >= 4 is 5.78 Å². The van der Waals surface area contributed by atoms with E-state index in [2.05, 4.69) is 0 Å². The molecule has 0 radical (unpaired) electrons. The minimum absolute atomic E-state index is 0.0536. The first-order valence-electron chi connectivity index (χ1n) is 4.33. The van der Waals surface area contributed by atoms with Crippen LogP contribution in [0.3, 0.4) is 0 Å². The summed E-state index contributed by atoms with van der Waals surface area (Å²) in [5, 5.41) is 8.65. The van der Waals surface area contributed by atoms with Crippen molar-refractivity contribution in [2.75, 3.05) is 0 Å². The molecule has 0 fully saturated rings. The molecule has 0 spiro atoms. The van der Waals surface area contributed by atoms with Crippen molar-refractivity contribution in [3.05, 3.63) is 47.0 Å². The number of carbonyl (C=O) groups is 1. The average Bonchev–Trinajstić information content (AvgIpc) is 2.17. The van der Waals surface area contributed by atoms with E-state index in [0.29, 0.717) is 11.1 Å². The third-order valence-corrected chi connectivity index (χ3v) is 1.70. The number of nitriles is 1. The standard InChI is InChI=1S/C12H11NO/c1-9(2)6-12(14)11-5-3-4-10(7-11)8-13/h3-7H,1-2H3. The van der Waals surface area contributed by atoms with Gasteiger partial charge in [-0.05, 0) is 32.1 Å². The van der Waals surface area contributed by atoms with Gasteiger partial charge in [-0.1, -0.05) is 17.7 Å². The molecule has 0 N–H and O–H groups in total. The van der Waals surface area contributed by atoms with Gasteiger partial charge in [0.25, 0.3) is 0 Å². The van der Waals surface area contributed by atoms with Crippen LogP contribution in [0.2, 0.25) is 0 Å². The Morgan fingerprint density at radius 1 is 1.43 bits per heavy atom. The predicted octanol–water partition coefficient (Wildman–Crippen LogP) is 2.71. The van der Waals surface area contributed by atoms with E-state index < -0.39 is 0 Å². The second kappa shape index (κ2) is 4.38. The first-order valence-corrected chi connectivity index (χ1v) is 4.33. The molecule has 0 aliphatic heterocycles. The van der Waals surface area contributed by atoms with Gasteiger partial charge >= 0.3 is 0 Å². The van der Waals surface area contributed by atoms with Crippen LogP contribution in [0.4, 0.5) is 0 Å². The molecule has 2 heteroatoms. The molecule has 1 aromatic rings. The van der Waals surface area contributed by atoms with Crippen molar-refractivity contribution in [1.29, 1.82) is 5.26 Å². The summed E-state index contributed by atoms with van der Waals surface area (Å²) >= 11 is 0. The van der Waals surface area contributed by atoms with Gasteiger partial charge in [-0.3, -0.25) is 4.79 Å². The molecule has 0 heterocycles. The van der Waals surface area contributed by atoms with Crippen molar-refractivity contribution in [3.8, 4) is 6.07 Å². The van der Waals surface area contributed by atoms with Crippen LogP contribution < -0.4 is 0 Å². The maximum atomic E-state index is 11.5. The highest BCUT2D eigenvalue weighted by atomic mass is 16.1. The van der Waals surface area contributed by atoms with Crippen LogP contribution in [0, 0.1) is 11.3 Å². The summed E-state index contributed by atoms with van der Waals surface area (Å²) in [4.78, 5) is 11.5. The summed E-state index contributed by atoms with van der Waals surface area (Å²) in [6.45, 7) is 3.73. The van der Waals surface area contributed by atoms with E-state index in [4.69, 9.17) is 5.26 Å². The lowest BCUT2D eigenvalue weighted by Gasteiger charge is -1.96. The highest BCUT2D eigenvalue weighted by Crippen LogP contribution is 2.06. The summed E-state index contributed by atoms with van der Waals surface area (Å²) in [6, 6.07) is 8.71. The molecule has 0 aliphatic rings. The maximum absolute atomic E-state index is 11.5. The summed E-state index contributed by atoms with van der Waals surface area (Å²) in [7, 11) is 0. The Kier molecular flexibility index (Phi) is 3.19. The van der Waals surface area contributed by atoms with Crippen molar-refractivity contribution in [1.82, 2.24) is 0 Å². The lowest BCUT2D eigenvalue weighted by Crippen LogP contribution is -1.95. The Hall–Kier alpha value is -1.88. The molecule has 0 amide bonds. The van der Waals surface area contributed by atoms with Gasteiger partial charge in [0.15, 0.2) is 5.78 Å². The molecule has 0 saturated heterocycles. The normalized spacial score (nSPS) is 8.93. The molecule has 0 unspecified atom stereocenters. The summed E-state index contributed by atoms with van der Waals surface area (Å²) in [5.74, 6) is -0.0536. The third kappa shape index (κ3) is 2.56. The van der Waals surface area contributed by atoms with Crippen LogP contribution in [0.1, 0.15) is 29.8 Å². The lowest BCUT2D eigenvalue weighted by molar-refractivity contribution is 0.104. The Morgan fingerprint density at radius 3 is 2.71 bits per heavy atom. The Balaban J connectivity index is 3.03. The zero-order valence-electron chi connectivity index (χ0n) is 8.24. The largest absolute Gasteiger partial charge is 0.289 e. The first-order chi connectivity index (χ1) is 6.63. The van der Waals surface area contributed by atoms with E-state index >= 15 is 0 Å². The number of hydrogen-bond donors (Lipinski definition) is 0. The Labute approximate surface area is 83.5 Å². The van der Waals surface area contributed by atoms with Crippen LogP contribution in [0.5, 0.6) is 0 Å². The summed E-state index contributed by atoms with van der Waals surface area (Å²) in [6.07, 6.45) is 1.57. The zero-order valence-corrected chi connectivity index (χ0v) is 8.24. The van der Waals surface area contributed by atoms with E-state index in [1.807, 2.05) is 19.9 Å². The molecule has 0 aliphatic carbocycles. The van der Waals surface area contributed by atoms with Crippen LogP contribution in [-0.2, 0) is 0 Å². The Morgan fingerprint density at radius 2 is 2.14 bits per heavy atom. The van der Waals surface area contributed by atoms with Gasteiger partial charge in [-0.25, -0.2) is 0 Å². The number of benzene rings is 1. The van der Waals surface area contributed by atoms with E-state index in [0.717, 1.165) is 5.57 Å². The topological polar surface area (TPSA) is 40.9 Å². The molecule has 0 atom stereocenters. The predicted molar refractivity (Wildman–Crippen MR) is 54.9 cm³/mol. The van der Waals surface area contributed by atoms with Gasteiger partial charge in [0.05, 0.1) is 11.6 Å². The molecule has 2 nitrogen and oxygen atoms in total. The van der Waals surface area contributed by atoms with Crippen molar-refractivity contribution < 1.29 is 4.79 Å². The van der Waals surface area contributed by atoms with Gasteiger partial charge in [-0.15, -0.1) is 0 Å². The highest BCUT2D eigenvalue weighted by Gasteiger charge is 2.02. The molecule has 0 saturated carbocycles. The second-order valence-corrected chi connectivity index (χ2v) is 3.28. The monoisotopic (exact) mass is 185 g/mol. The number of nitrogens with zero attached hydrogens (tertiary/aromatic N) is 1. The summed E-state index contributed by atoms with van der Waals surface area (Å²) in [5.41, 5.74) is 2.03. The van der Waals surface area contributed by atoms with Crippen molar-refractivity contribution in [3.63, 3.8) is 0 Å². The van der Waals surface area contributed by atoms with Crippen LogP contribution in [0.15, 0.2) is 35.9 Å². The zero-order chi connectivity index (χ0) is 10.6. The van der Waals surface area contributed by atoms with Gasteiger partial charge in [0, 0.05) is 5.56 Å². The quantitative estimate of drug-likeness (QED) is 0.525. The minimum atomic E-state index is -0.0536. The fourth-order valence-corrected chi connectivity index (χ4v) is 1.09. The smallest absolute Gasteiger partial charge is 0.185 e. The van der Waals surface area contributed by atoms with Crippen LogP contribution in [-0.4, -0.2) is 5.78 Å². The first kappa shape index (κ1) is 10.2. The maximum Gasteiger partial charge on any atom is 0.185 e. The minimum Gasteiger partial charge on any atom is -0.289 e. The van der Waals surface area contributed by atoms with Crippen molar-refractivity contribution in [2.24, 2.45) is 0 Å². The van der Waals surface area contributed by atoms with Gasteiger partial charge in [-0.2, -0.15) is 5.26 Å². The molecule has 14 heavy (non-hydrogen) atoms. The van der Waals surface area contributed by atoms with E-state index in [1.54, 1.807) is 30.3 Å². The number of allylic oxidation sites excluding steroid dienone is 2. The van der Waals surface area contributed by atoms with Gasteiger partial charge in [0.1, 0.15) is 0 Å². The van der Waals surface area contributed by atoms with Gasteiger partial charge in [0.2, 0.25) is 0 Å². The van der Waals surface area contributed by atoms with E-state index in [9.17, 15) is 4.79 Å². The average molecular weight is 185 g/mol. The summed E-state index contributed by atoms with van der Waals surface area (Å²) < 4.78 is 0. The number of carbonyl (C=O) groups excluding carboxylic acids is 1. The molecule has 0 aromatic heterocycles. The molecular weight excluding hydrogens is 174 g/mol. The number of rotatable bonds is 2. The van der Waals surface area contributed by atoms with E-state index in [-0.39, 0.29) is 5.78 Å². The molecule has 0 bridgehead atoms. The fourth-order valence-electron chi connectivity index (χ4n) is 1.09. The second-order valence-electron chi connectivity index (χ2n) is 3.28. The van der Waals surface area contributed by atoms with Gasteiger partial charge < -0.3 is 0 Å². The molecule has 1 aromatic carbocycles. The number of hydrogen-bond acceptors (Lipinski definition) is 2. The molecular formula is C12H11NO. The van der Waals surface area contributed by atoms with E-state index in [1.165, 1.54) is 0 Å². The number of ketones is 1. The fraction of sp³-hybridized carbons (Fsp3) is 0.167. The lowest BCUT2D eigenvalue weighted by atomic mass is 10.1. The molecule has 1 rings (SSSR count). The highest BCUT2D eigenvalue weighted by molar-refractivity contribution is 6.05. The molecule has 70 valence electrons. The van der Waals surface area contributed by atoms with Crippen molar-refractivity contribution in [2.45, 2.75) is 13.8 Å². The Bertz CT molecular complexity index is 420. The van der Waals surface area contributed by atoms with Crippen LogP contribution >= 0.6 is 0 Å². The SMILES string of the molecule is CC(C)=CC(=O)c1cccc(C#N)c1.